The summed E-state index contributed by atoms with van der Waals surface area (Å²) in [7, 11) is -3.65. The normalized spacial score (nSPS) is 14.9. The minimum atomic E-state index is -3.65. The van der Waals surface area contributed by atoms with Crippen LogP contribution in [0.4, 0.5) is 0 Å². The molecule has 0 atom stereocenters. The van der Waals surface area contributed by atoms with Crippen molar-refractivity contribution in [3.63, 3.8) is 0 Å². The fourth-order valence-electron chi connectivity index (χ4n) is 3.30. The summed E-state index contributed by atoms with van der Waals surface area (Å²) in [5, 5.41) is 2.81. The number of amides is 1. The average Bonchev–Trinajstić information content (AvgIpc) is 3.19. The van der Waals surface area contributed by atoms with Crippen molar-refractivity contribution in [1.29, 1.82) is 0 Å². The van der Waals surface area contributed by atoms with Gasteiger partial charge in [0.2, 0.25) is 15.9 Å². The zero-order chi connectivity index (χ0) is 20.9. The van der Waals surface area contributed by atoms with Gasteiger partial charge in [-0.3, -0.25) is 4.79 Å². The minimum Gasteiger partial charge on any atom is -0.475 e. The maximum atomic E-state index is 12.6. The monoisotopic (exact) mass is 417 g/mol. The van der Waals surface area contributed by atoms with Gasteiger partial charge in [-0.2, -0.15) is 0 Å². The number of nitrogens with one attached hydrogen (secondary N) is 2. The molecule has 0 spiro atoms. The molecule has 0 unspecified atom stereocenters. The first-order chi connectivity index (χ1) is 13.8. The highest BCUT2D eigenvalue weighted by molar-refractivity contribution is 7.89. The van der Waals surface area contributed by atoms with Crippen LogP contribution in [0.25, 0.3) is 0 Å². The number of carbonyl (C=O) groups excluding carboxylic acids is 1. The first-order valence-electron chi connectivity index (χ1n) is 9.86. The van der Waals surface area contributed by atoms with E-state index in [9.17, 15) is 13.2 Å². The second-order valence-electron chi connectivity index (χ2n) is 7.45. The summed E-state index contributed by atoms with van der Waals surface area (Å²) in [5.74, 6) is 0.113. The highest BCUT2D eigenvalue weighted by Gasteiger charge is 2.23. The lowest BCUT2D eigenvalue weighted by Crippen LogP contribution is -2.32. The molecule has 1 aliphatic rings. The number of benzene rings is 1. The largest absolute Gasteiger partial charge is 0.475 e. The van der Waals surface area contributed by atoms with E-state index in [1.165, 1.54) is 12.1 Å². The Morgan fingerprint density at radius 2 is 1.97 bits per heavy atom. The molecule has 0 aliphatic heterocycles. The maximum Gasteiger partial charge on any atom is 0.251 e. The van der Waals surface area contributed by atoms with E-state index >= 15 is 0 Å². The van der Waals surface area contributed by atoms with Crippen molar-refractivity contribution in [2.45, 2.75) is 63.1 Å². The smallest absolute Gasteiger partial charge is 0.251 e. The predicted molar refractivity (Wildman–Crippen MR) is 110 cm³/mol. The number of pyridine rings is 1. The first-order valence-corrected chi connectivity index (χ1v) is 11.3. The van der Waals surface area contributed by atoms with Crippen LogP contribution in [0, 0.1) is 0 Å². The number of hydrogen-bond donors (Lipinski definition) is 2. The van der Waals surface area contributed by atoms with Crippen molar-refractivity contribution in [3.05, 3.63) is 53.7 Å². The Kier molecular flexibility index (Phi) is 6.87. The van der Waals surface area contributed by atoms with Crippen LogP contribution in [0.5, 0.6) is 5.88 Å². The molecule has 8 heteroatoms. The number of hydrogen-bond acceptors (Lipinski definition) is 5. The molecular weight excluding hydrogens is 390 g/mol. The Morgan fingerprint density at radius 3 is 2.69 bits per heavy atom. The summed E-state index contributed by atoms with van der Waals surface area (Å²) in [4.78, 5) is 16.9. The van der Waals surface area contributed by atoms with E-state index in [4.69, 9.17) is 4.74 Å². The van der Waals surface area contributed by atoms with Crippen LogP contribution in [0.1, 0.15) is 55.5 Å². The van der Waals surface area contributed by atoms with E-state index in [1.807, 2.05) is 19.9 Å². The topological polar surface area (TPSA) is 97.4 Å². The highest BCUT2D eigenvalue weighted by Crippen LogP contribution is 2.21. The lowest BCUT2D eigenvalue weighted by Gasteiger charge is -2.14. The Hall–Kier alpha value is -2.45. The van der Waals surface area contributed by atoms with E-state index in [1.54, 1.807) is 24.4 Å². The second-order valence-corrected chi connectivity index (χ2v) is 9.16. The number of rotatable bonds is 8. The van der Waals surface area contributed by atoms with Crippen molar-refractivity contribution in [3.8, 4) is 5.88 Å². The van der Waals surface area contributed by atoms with Crippen LogP contribution in [0.3, 0.4) is 0 Å². The molecule has 0 radical (unpaired) electrons. The van der Waals surface area contributed by atoms with E-state index in [-0.39, 0.29) is 35.1 Å². The molecule has 1 heterocycles. The summed E-state index contributed by atoms with van der Waals surface area (Å²) in [6.45, 7) is 4.04. The Balaban J connectivity index is 1.68. The van der Waals surface area contributed by atoms with E-state index < -0.39 is 10.0 Å². The average molecular weight is 418 g/mol. The maximum absolute atomic E-state index is 12.6. The molecule has 1 fully saturated rings. The van der Waals surface area contributed by atoms with Crippen LogP contribution < -0.4 is 14.8 Å². The fourth-order valence-corrected chi connectivity index (χ4v) is 4.65. The number of aromatic nitrogens is 1. The molecule has 2 N–H and O–H groups in total. The zero-order valence-electron chi connectivity index (χ0n) is 16.7. The third-order valence-electron chi connectivity index (χ3n) is 4.72. The predicted octanol–water partition coefficient (Wildman–Crippen LogP) is 3.02. The fraction of sp³-hybridized carbons (Fsp3) is 0.429. The number of carbonyl (C=O) groups is 1. The Labute approximate surface area is 171 Å². The van der Waals surface area contributed by atoms with Gasteiger partial charge in [-0.1, -0.05) is 25.0 Å². The molecule has 29 heavy (non-hydrogen) atoms. The van der Waals surface area contributed by atoms with Gasteiger partial charge in [0.25, 0.3) is 5.91 Å². The molecule has 1 amide bonds. The van der Waals surface area contributed by atoms with Crippen molar-refractivity contribution in [1.82, 2.24) is 15.0 Å². The second kappa shape index (κ2) is 9.37. The molecule has 1 aliphatic carbocycles. The third kappa shape index (κ3) is 5.77. The number of sulfonamides is 1. The Morgan fingerprint density at radius 1 is 1.21 bits per heavy atom. The standard InChI is InChI=1S/C21H27N3O4S/c1-15(2)28-21-17(8-6-12-22-21)14-23-20(25)16-7-5-11-19(13-16)29(26,27)24-18-9-3-4-10-18/h5-8,11-13,15,18,24H,3-4,9-10,14H2,1-2H3,(H,23,25). The van der Waals surface area contributed by atoms with Crippen LogP contribution in [0.15, 0.2) is 47.5 Å². The summed E-state index contributed by atoms with van der Waals surface area (Å²) in [5.41, 5.74) is 1.04. The molecule has 7 nitrogen and oxygen atoms in total. The van der Waals surface area contributed by atoms with Crippen molar-refractivity contribution in [2.24, 2.45) is 0 Å². The van der Waals surface area contributed by atoms with Crippen LogP contribution in [-0.2, 0) is 16.6 Å². The van der Waals surface area contributed by atoms with E-state index in [2.05, 4.69) is 15.0 Å². The number of ether oxygens (including phenoxy) is 1. The van der Waals surface area contributed by atoms with E-state index in [0.29, 0.717) is 5.88 Å². The molecule has 0 saturated heterocycles. The van der Waals surface area contributed by atoms with Gasteiger partial charge in [-0.25, -0.2) is 18.1 Å². The minimum absolute atomic E-state index is 0.0255. The summed E-state index contributed by atoms with van der Waals surface area (Å²) in [6, 6.07) is 9.66. The molecule has 1 aromatic heterocycles. The molecule has 156 valence electrons. The molecule has 1 aromatic carbocycles. The third-order valence-corrected chi connectivity index (χ3v) is 6.24. The summed E-state index contributed by atoms with van der Waals surface area (Å²) in [6.07, 6.45) is 5.37. The lowest BCUT2D eigenvalue weighted by atomic mass is 10.2. The number of nitrogens with zero attached hydrogens (tertiary/aromatic N) is 1. The van der Waals surface area contributed by atoms with E-state index in [0.717, 1.165) is 31.2 Å². The van der Waals surface area contributed by atoms with Crippen molar-refractivity contribution >= 4 is 15.9 Å². The van der Waals surface area contributed by atoms with Gasteiger partial charge in [-0.05, 0) is 51.0 Å². The Bertz CT molecular complexity index is 954. The van der Waals surface area contributed by atoms with Crippen molar-refractivity contribution < 1.29 is 17.9 Å². The SMILES string of the molecule is CC(C)Oc1ncccc1CNC(=O)c1cccc(S(=O)(=O)NC2CCCC2)c1. The van der Waals surface area contributed by atoms with Crippen LogP contribution in [0.2, 0.25) is 0 Å². The summed E-state index contributed by atoms with van der Waals surface area (Å²) < 4.78 is 33.6. The van der Waals surface area contributed by atoms with Crippen molar-refractivity contribution in [2.75, 3.05) is 0 Å². The van der Waals surface area contributed by atoms with Crippen LogP contribution in [-0.4, -0.2) is 31.5 Å². The quantitative estimate of drug-likeness (QED) is 0.688. The summed E-state index contributed by atoms with van der Waals surface area (Å²) >= 11 is 0. The van der Waals surface area contributed by atoms with Crippen LogP contribution >= 0.6 is 0 Å². The zero-order valence-corrected chi connectivity index (χ0v) is 17.5. The first kappa shape index (κ1) is 21.3. The highest BCUT2D eigenvalue weighted by atomic mass is 32.2. The van der Waals surface area contributed by atoms with Gasteiger partial charge in [0.05, 0.1) is 11.0 Å². The molecular formula is C21H27N3O4S. The van der Waals surface area contributed by atoms with Gasteiger partial charge >= 0.3 is 0 Å². The molecule has 1 saturated carbocycles. The van der Waals surface area contributed by atoms with Gasteiger partial charge in [0.15, 0.2) is 0 Å². The molecule has 0 bridgehead atoms. The van der Waals surface area contributed by atoms with Gasteiger partial charge in [0, 0.05) is 29.9 Å². The molecule has 2 aromatic rings. The van der Waals surface area contributed by atoms with Gasteiger partial charge in [-0.15, -0.1) is 0 Å². The van der Waals surface area contributed by atoms with Gasteiger partial charge < -0.3 is 10.1 Å². The van der Waals surface area contributed by atoms with Gasteiger partial charge in [0.1, 0.15) is 0 Å². The lowest BCUT2D eigenvalue weighted by molar-refractivity contribution is 0.0950. The molecule has 3 rings (SSSR count).